The summed E-state index contributed by atoms with van der Waals surface area (Å²) in [6.45, 7) is 6.42. The van der Waals surface area contributed by atoms with E-state index < -0.39 is 6.10 Å². The van der Waals surface area contributed by atoms with Crippen molar-refractivity contribution in [3.8, 4) is 5.88 Å². The summed E-state index contributed by atoms with van der Waals surface area (Å²) in [5.74, 6) is 0.652. The molecular formula is C11H17NO2. The van der Waals surface area contributed by atoms with Gasteiger partial charge in [0.2, 0.25) is 5.88 Å². The number of aryl methyl sites for hydroxylation is 1. The van der Waals surface area contributed by atoms with Gasteiger partial charge in [0, 0.05) is 11.8 Å². The Balaban J connectivity index is 2.88. The first-order chi connectivity index (χ1) is 6.69. The summed E-state index contributed by atoms with van der Waals surface area (Å²) in [5, 5.41) is 9.59. The highest BCUT2D eigenvalue weighted by Crippen LogP contribution is 2.21. The maximum absolute atomic E-state index is 9.59. The normalized spacial score (nSPS) is 12.6. The standard InChI is InChI=1S/C11H17NO2/c1-4-10(13)9-6-8(3)11(12-7-9)14-5-2/h6-7,10,13H,4-5H2,1-3H3/t10-/m0/s1. The summed E-state index contributed by atoms with van der Waals surface area (Å²) in [5.41, 5.74) is 1.82. The van der Waals surface area contributed by atoms with Gasteiger partial charge in [0.15, 0.2) is 0 Å². The maximum Gasteiger partial charge on any atom is 0.216 e. The van der Waals surface area contributed by atoms with Crippen LogP contribution in [-0.4, -0.2) is 16.7 Å². The zero-order chi connectivity index (χ0) is 10.6. The van der Waals surface area contributed by atoms with Crippen LogP contribution in [0.4, 0.5) is 0 Å². The van der Waals surface area contributed by atoms with Gasteiger partial charge >= 0.3 is 0 Å². The third kappa shape index (κ3) is 2.45. The minimum Gasteiger partial charge on any atom is -0.478 e. The zero-order valence-corrected chi connectivity index (χ0v) is 8.95. The number of aliphatic hydroxyl groups excluding tert-OH is 1. The number of hydrogen-bond acceptors (Lipinski definition) is 3. The molecule has 0 radical (unpaired) electrons. The molecule has 0 spiro atoms. The van der Waals surface area contributed by atoms with Gasteiger partial charge in [-0.15, -0.1) is 0 Å². The van der Waals surface area contributed by atoms with Gasteiger partial charge in [0.1, 0.15) is 0 Å². The van der Waals surface area contributed by atoms with Crippen molar-refractivity contribution in [3.63, 3.8) is 0 Å². The second-order valence-electron chi connectivity index (χ2n) is 3.25. The number of hydrogen-bond donors (Lipinski definition) is 1. The van der Waals surface area contributed by atoms with Gasteiger partial charge in [-0.1, -0.05) is 6.92 Å². The SMILES string of the molecule is CCOc1ncc([C@@H](O)CC)cc1C. The second-order valence-corrected chi connectivity index (χ2v) is 3.25. The monoisotopic (exact) mass is 195 g/mol. The van der Waals surface area contributed by atoms with E-state index in [1.54, 1.807) is 6.20 Å². The molecule has 1 heterocycles. The zero-order valence-electron chi connectivity index (χ0n) is 8.95. The van der Waals surface area contributed by atoms with Crippen molar-refractivity contribution in [2.75, 3.05) is 6.61 Å². The fourth-order valence-electron chi connectivity index (χ4n) is 1.29. The van der Waals surface area contributed by atoms with E-state index in [1.165, 1.54) is 0 Å². The number of pyridine rings is 1. The Morgan fingerprint density at radius 2 is 2.21 bits per heavy atom. The van der Waals surface area contributed by atoms with Gasteiger partial charge in [0.25, 0.3) is 0 Å². The Bertz CT molecular complexity index is 299. The summed E-state index contributed by atoms with van der Waals surface area (Å²) >= 11 is 0. The molecule has 0 aliphatic rings. The Hall–Kier alpha value is -1.09. The third-order valence-corrected chi connectivity index (χ3v) is 2.10. The molecule has 1 atom stereocenters. The van der Waals surface area contributed by atoms with Crippen molar-refractivity contribution in [2.45, 2.75) is 33.3 Å². The topological polar surface area (TPSA) is 42.4 Å². The van der Waals surface area contributed by atoms with Gasteiger partial charge in [-0.25, -0.2) is 4.98 Å². The Morgan fingerprint density at radius 3 is 2.71 bits per heavy atom. The van der Waals surface area contributed by atoms with Crippen LogP contribution in [0, 0.1) is 6.92 Å². The molecule has 14 heavy (non-hydrogen) atoms. The van der Waals surface area contributed by atoms with Gasteiger partial charge in [0.05, 0.1) is 12.7 Å². The van der Waals surface area contributed by atoms with E-state index in [2.05, 4.69) is 4.98 Å². The molecule has 0 aliphatic heterocycles. The summed E-state index contributed by atoms with van der Waals surface area (Å²) < 4.78 is 5.31. The minimum absolute atomic E-state index is 0.420. The van der Waals surface area contributed by atoms with Gasteiger partial charge < -0.3 is 9.84 Å². The number of aromatic nitrogens is 1. The maximum atomic E-state index is 9.59. The van der Waals surface area contributed by atoms with Gasteiger partial charge in [-0.2, -0.15) is 0 Å². The van der Waals surface area contributed by atoms with Crippen LogP contribution in [0.2, 0.25) is 0 Å². The minimum atomic E-state index is -0.420. The van der Waals surface area contributed by atoms with Crippen molar-refractivity contribution < 1.29 is 9.84 Å². The first-order valence-corrected chi connectivity index (χ1v) is 4.96. The predicted molar refractivity (Wildman–Crippen MR) is 55.4 cm³/mol. The number of nitrogens with zero attached hydrogens (tertiary/aromatic N) is 1. The van der Waals surface area contributed by atoms with E-state index >= 15 is 0 Å². The predicted octanol–water partition coefficient (Wildman–Crippen LogP) is 2.23. The number of aliphatic hydroxyl groups is 1. The van der Waals surface area contributed by atoms with Crippen molar-refractivity contribution in [1.82, 2.24) is 4.98 Å². The summed E-state index contributed by atoms with van der Waals surface area (Å²) in [7, 11) is 0. The van der Waals surface area contributed by atoms with Crippen molar-refractivity contribution in [3.05, 3.63) is 23.4 Å². The van der Waals surface area contributed by atoms with E-state index in [0.29, 0.717) is 18.9 Å². The fourth-order valence-corrected chi connectivity index (χ4v) is 1.29. The van der Waals surface area contributed by atoms with Crippen LogP contribution in [0.5, 0.6) is 5.88 Å². The molecule has 0 amide bonds. The average molecular weight is 195 g/mol. The molecule has 3 nitrogen and oxygen atoms in total. The molecule has 0 bridgehead atoms. The molecule has 0 saturated heterocycles. The van der Waals surface area contributed by atoms with E-state index in [9.17, 15) is 5.11 Å². The molecular weight excluding hydrogens is 178 g/mol. The lowest BCUT2D eigenvalue weighted by Crippen LogP contribution is -2.01. The third-order valence-electron chi connectivity index (χ3n) is 2.10. The molecule has 1 aromatic heterocycles. The summed E-state index contributed by atoms with van der Waals surface area (Å²) in [6, 6.07) is 1.92. The van der Waals surface area contributed by atoms with Crippen LogP contribution in [0.25, 0.3) is 0 Å². The fraction of sp³-hybridized carbons (Fsp3) is 0.545. The van der Waals surface area contributed by atoms with Crippen LogP contribution in [0.15, 0.2) is 12.3 Å². The molecule has 0 aliphatic carbocycles. The first kappa shape index (κ1) is 11.0. The molecule has 1 aromatic rings. The van der Waals surface area contributed by atoms with Crippen LogP contribution < -0.4 is 4.74 Å². The van der Waals surface area contributed by atoms with E-state index in [-0.39, 0.29) is 0 Å². The number of rotatable bonds is 4. The molecule has 0 unspecified atom stereocenters. The highest BCUT2D eigenvalue weighted by Gasteiger charge is 2.08. The Kier molecular flexibility index (Phi) is 3.89. The molecule has 78 valence electrons. The molecule has 0 fully saturated rings. The molecule has 0 saturated carbocycles. The lowest BCUT2D eigenvalue weighted by molar-refractivity contribution is 0.173. The van der Waals surface area contributed by atoms with Crippen molar-refractivity contribution in [1.29, 1.82) is 0 Å². The smallest absolute Gasteiger partial charge is 0.216 e. The quantitative estimate of drug-likeness (QED) is 0.801. The molecule has 0 aromatic carbocycles. The summed E-state index contributed by atoms with van der Waals surface area (Å²) in [6.07, 6.45) is 1.96. The lowest BCUT2D eigenvalue weighted by Gasteiger charge is -2.10. The molecule has 1 rings (SSSR count). The first-order valence-electron chi connectivity index (χ1n) is 4.96. The Morgan fingerprint density at radius 1 is 1.50 bits per heavy atom. The van der Waals surface area contributed by atoms with E-state index in [0.717, 1.165) is 11.1 Å². The molecule has 3 heteroatoms. The second kappa shape index (κ2) is 4.96. The van der Waals surface area contributed by atoms with E-state index in [4.69, 9.17) is 4.74 Å². The van der Waals surface area contributed by atoms with Crippen molar-refractivity contribution in [2.24, 2.45) is 0 Å². The number of ether oxygens (including phenoxy) is 1. The highest BCUT2D eigenvalue weighted by molar-refractivity contribution is 5.29. The van der Waals surface area contributed by atoms with Gasteiger partial charge in [-0.05, 0) is 31.9 Å². The molecule has 1 N–H and O–H groups in total. The Labute approximate surface area is 84.7 Å². The van der Waals surface area contributed by atoms with Crippen LogP contribution in [0.1, 0.15) is 37.5 Å². The summed E-state index contributed by atoms with van der Waals surface area (Å²) in [4.78, 5) is 4.15. The van der Waals surface area contributed by atoms with Gasteiger partial charge in [-0.3, -0.25) is 0 Å². The highest BCUT2D eigenvalue weighted by atomic mass is 16.5. The average Bonchev–Trinajstić information content (AvgIpc) is 2.20. The van der Waals surface area contributed by atoms with E-state index in [1.807, 2.05) is 26.8 Å². The van der Waals surface area contributed by atoms with Crippen LogP contribution in [0.3, 0.4) is 0 Å². The van der Waals surface area contributed by atoms with Crippen LogP contribution in [-0.2, 0) is 0 Å². The van der Waals surface area contributed by atoms with Crippen LogP contribution >= 0.6 is 0 Å². The lowest BCUT2D eigenvalue weighted by atomic mass is 10.1. The van der Waals surface area contributed by atoms with Crippen molar-refractivity contribution >= 4 is 0 Å². The largest absolute Gasteiger partial charge is 0.478 e.